The van der Waals surface area contributed by atoms with Crippen LogP contribution < -0.4 is 5.32 Å². The number of amides is 1. The van der Waals surface area contributed by atoms with E-state index in [1.54, 1.807) is 12.1 Å². The maximum Gasteiger partial charge on any atom is 0.417 e. The van der Waals surface area contributed by atoms with Gasteiger partial charge in [0.25, 0.3) is 5.91 Å². The Labute approximate surface area is 156 Å². The minimum Gasteiger partial charge on any atom is -0.322 e. The molecule has 0 atom stereocenters. The number of carbonyl (C=O) groups excluding carboxylic acids is 1. The van der Waals surface area contributed by atoms with E-state index in [0.717, 1.165) is 44.4 Å². The number of anilines is 1. The molecule has 1 N–H and O–H groups in total. The van der Waals surface area contributed by atoms with Crippen molar-refractivity contribution in [1.82, 2.24) is 9.80 Å². The quantitative estimate of drug-likeness (QED) is 0.883. The fourth-order valence-electron chi connectivity index (χ4n) is 3.08. The summed E-state index contributed by atoms with van der Waals surface area (Å²) in [6.07, 6.45) is -4.57. The maximum absolute atomic E-state index is 13.1. The Kier molecular flexibility index (Phi) is 5.82. The molecule has 1 aliphatic rings. The molecule has 4 nitrogen and oxygen atoms in total. The van der Waals surface area contributed by atoms with Crippen LogP contribution in [0.25, 0.3) is 0 Å². The van der Waals surface area contributed by atoms with Crippen LogP contribution in [0.1, 0.15) is 21.5 Å². The lowest BCUT2D eigenvalue weighted by atomic mass is 10.1. The Bertz CT molecular complexity index is 782. The van der Waals surface area contributed by atoms with Gasteiger partial charge in [0.2, 0.25) is 0 Å². The zero-order chi connectivity index (χ0) is 19.4. The van der Waals surface area contributed by atoms with Crippen LogP contribution in [0, 0.1) is 0 Å². The first-order valence-corrected chi connectivity index (χ1v) is 8.80. The molecule has 2 aromatic carbocycles. The van der Waals surface area contributed by atoms with Crippen LogP contribution in [0.15, 0.2) is 48.5 Å². The molecule has 1 aliphatic heterocycles. The molecule has 0 saturated carbocycles. The van der Waals surface area contributed by atoms with Gasteiger partial charge in [0, 0.05) is 38.4 Å². The Morgan fingerprint density at radius 1 is 1.00 bits per heavy atom. The number of carbonyl (C=O) groups is 1. The van der Waals surface area contributed by atoms with E-state index in [0.29, 0.717) is 5.69 Å². The van der Waals surface area contributed by atoms with E-state index in [4.69, 9.17) is 0 Å². The lowest BCUT2D eigenvalue weighted by Gasteiger charge is -2.32. The van der Waals surface area contributed by atoms with Gasteiger partial charge in [0.15, 0.2) is 0 Å². The van der Waals surface area contributed by atoms with Crippen LogP contribution in [-0.4, -0.2) is 48.9 Å². The topological polar surface area (TPSA) is 35.6 Å². The zero-order valence-electron chi connectivity index (χ0n) is 15.1. The second kappa shape index (κ2) is 8.10. The molecular formula is C20H22F3N3O. The van der Waals surface area contributed by atoms with Crippen LogP contribution in [0.2, 0.25) is 0 Å². The molecule has 3 rings (SSSR count). The van der Waals surface area contributed by atoms with Gasteiger partial charge < -0.3 is 10.2 Å². The third kappa shape index (κ3) is 5.08. The van der Waals surface area contributed by atoms with Crippen molar-refractivity contribution < 1.29 is 18.0 Å². The highest BCUT2D eigenvalue weighted by Gasteiger charge is 2.34. The fourth-order valence-corrected chi connectivity index (χ4v) is 3.08. The van der Waals surface area contributed by atoms with Crippen molar-refractivity contribution in [2.24, 2.45) is 0 Å². The minimum absolute atomic E-state index is 0.383. The number of likely N-dealkylation sites (N-methyl/N-ethyl adjacent to an activating group) is 1. The maximum atomic E-state index is 13.1. The molecule has 0 bridgehead atoms. The van der Waals surface area contributed by atoms with Gasteiger partial charge in [-0.2, -0.15) is 13.2 Å². The molecule has 0 aliphatic carbocycles. The number of halogens is 3. The van der Waals surface area contributed by atoms with Crippen molar-refractivity contribution in [3.05, 3.63) is 65.2 Å². The van der Waals surface area contributed by atoms with Gasteiger partial charge in [-0.15, -0.1) is 0 Å². The lowest BCUT2D eigenvalue weighted by molar-refractivity contribution is -0.137. The normalized spacial score (nSPS) is 16.3. The number of rotatable bonds is 4. The van der Waals surface area contributed by atoms with Crippen LogP contribution in [0.3, 0.4) is 0 Å². The first-order chi connectivity index (χ1) is 12.8. The number of alkyl halides is 3. The molecule has 1 saturated heterocycles. The highest BCUT2D eigenvalue weighted by molar-refractivity contribution is 6.05. The number of nitrogens with zero attached hydrogens (tertiary/aromatic N) is 2. The number of hydrogen-bond donors (Lipinski definition) is 1. The SMILES string of the molecule is CN1CCN(Cc2ccc(NC(=O)c3ccccc3C(F)(F)F)cc2)CC1. The van der Waals surface area contributed by atoms with E-state index >= 15 is 0 Å². The molecule has 0 radical (unpaired) electrons. The predicted molar refractivity (Wildman–Crippen MR) is 98.6 cm³/mol. The summed E-state index contributed by atoms with van der Waals surface area (Å²) in [4.78, 5) is 16.9. The summed E-state index contributed by atoms with van der Waals surface area (Å²) in [7, 11) is 2.10. The van der Waals surface area contributed by atoms with Crippen LogP contribution >= 0.6 is 0 Å². The van der Waals surface area contributed by atoms with Gasteiger partial charge in [0.05, 0.1) is 11.1 Å². The fraction of sp³-hybridized carbons (Fsp3) is 0.350. The third-order valence-electron chi connectivity index (χ3n) is 4.69. The largest absolute Gasteiger partial charge is 0.417 e. The summed E-state index contributed by atoms with van der Waals surface area (Å²) in [5.74, 6) is -0.769. The summed E-state index contributed by atoms with van der Waals surface area (Å²) < 4.78 is 39.2. The molecule has 1 heterocycles. The van der Waals surface area contributed by atoms with Gasteiger partial charge in [-0.3, -0.25) is 9.69 Å². The minimum atomic E-state index is -4.57. The zero-order valence-corrected chi connectivity index (χ0v) is 15.1. The van der Waals surface area contributed by atoms with Gasteiger partial charge in [-0.1, -0.05) is 24.3 Å². The number of hydrogen-bond acceptors (Lipinski definition) is 3. The monoisotopic (exact) mass is 377 g/mol. The molecule has 0 unspecified atom stereocenters. The molecule has 27 heavy (non-hydrogen) atoms. The summed E-state index contributed by atoms with van der Waals surface area (Å²) in [5, 5.41) is 2.55. The van der Waals surface area contributed by atoms with E-state index < -0.39 is 17.6 Å². The van der Waals surface area contributed by atoms with Gasteiger partial charge in [0.1, 0.15) is 0 Å². The van der Waals surface area contributed by atoms with Gasteiger partial charge in [-0.05, 0) is 36.9 Å². The third-order valence-corrected chi connectivity index (χ3v) is 4.69. The molecule has 0 spiro atoms. The molecule has 144 valence electrons. The molecule has 7 heteroatoms. The number of nitrogens with one attached hydrogen (secondary N) is 1. The smallest absolute Gasteiger partial charge is 0.322 e. The van der Waals surface area contributed by atoms with Gasteiger partial charge >= 0.3 is 6.18 Å². The van der Waals surface area contributed by atoms with E-state index in [1.807, 2.05) is 12.1 Å². The first-order valence-electron chi connectivity index (χ1n) is 8.80. The summed E-state index contributed by atoms with van der Waals surface area (Å²) >= 11 is 0. The van der Waals surface area contributed by atoms with Crippen molar-refractivity contribution in [2.75, 3.05) is 38.5 Å². The van der Waals surface area contributed by atoms with Crippen LogP contribution in [0.5, 0.6) is 0 Å². The summed E-state index contributed by atoms with van der Waals surface area (Å²) in [5.41, 5.74) is 0.257. The second-order valence-electron chi connectivity index (χ2n) is 6.77. The summed E-state index contributed by atoms with van der Waals surface area (Å²) in [6, 6.07) is 12.0. The van der Waals surface area contributed by atoms with Crippen molar-refractivity contribution >= 4 is 11.6 Å². The number of benzene rings is 2. The number of piperazine rings is 1. The molecular weight excluding hydrogens is 355 g/mol. The lowest BCUT2D eigenvalue weighted by Crippen LogP contribution is -2.43. The highest BCUT2D eigenvalue weighted by Crippen LogP contribution is 2.32. The summed E-state index contributed by atoms with van der Waals surface area (Å²) in [6.45, 7) is 4.89. The van der Waals surface area contributed by atoms with Crippen LogP contribution in [-0.2, 0) is 12.7 Å². The predicted octanol–water partition coefficient (Wildman–Crippen LogP) is 3.71. The molecule has 1 fully saturated rings. The standard InChI is InChI=1S/C20H22F3N3O/c1-25-10-12-26(13-11-25)14-15-6-8-16(9-7-15)24-19(27)17-4-2-3-5-18(17)20(21,22)23/h2-9H,10-14H2,1H3,(H,24,27). The highest BCUT2D eigenvalue weighted by atomic mass is 19.4. The second-order valence-corrected chi connectivity index (χ2v) is 6.77. The average Bonchev–Trinajstić information content (AvgIpc) is 2.64. The van der Waals surface area contributed by atoms with E-state index in [-0.39, 0.29) is 5.56 Å². The van der Waals surface area contributed by atoms with Gasteiger partial charge in [-0.25, -0.2) is 0 Å². The molecule has 0 aromatic heterocycles. The van der Waals surface area contributed by atoms with E-state index in [2.05, 4.69) is 22.2 Å². The van der Waals surface area contributed by atoms with Crippen molar-refractivity contribution in [3.63, 3.8) is 0 Å². The van der Waals surface area contributed by atoms with Crippen molar-refractivity contribution in [3.8, 4) is 0 Å². The molecule has 2 aromatic rings. The molecule has 1 amide bonds. The first kappa shape index (κ1) is 19.4. The Morgan fingerprint density at radius 2 is 1.63 bits per heavy atom. The van der Waals surface area contributed by atoms with Crippen molar-refractivity contribution in [2.45, 2.75) is 12.7 Å². The van der Waals surface area contributed by atoms with E-state index in [9.17, 15) is 18.0 Å². The van der Waals surface area contributed by atoms with E-state index in [1.165, 1.54) is 18.2 Å². The Hall–Kier alpha value is -2.38. The van der Waals surface area contributed by atoms with Crippen molar-refractivity contribution in [1.29, 1.82) is 0 Å². The average molecular weight is 377 g/mol. The Balaban J connectivity index is 1.64. The Morgan fingerprint density at radius 3 is 2.26 bits per heavy atom. The van der Waals surface area contributed by atoms with Crippen LogP contribution in [0.4, 0.5) is 18.9 Å².